The summed E-state index contributed by atoms with van der Waals surface area (Å²) in [5.74, 6) is -1.06. The van der Waals surface area contributed by atoms with Crippen LogP contribution in [0.5, 0.6) is 5.75 Å². The molecule has 2 N–H and O–H groups in total. The van der Waals surface area contributed by atoms with Crippen LogP contribution in [-0.2, 0) is 20.8 Å². The van der Waals surface area contributed by atoms with Crippen LogP contribution in [0.25, 0.3) is 0 Å². The Morgan fingerprint density at radius 1 is 1.35 bits per heavy atom. The Kier molecular flexibility index (Phi) is 5.10. The maximum atomic E-state index is 11.3. The van der Waals surface area contributed by atoms with Crippen LogP contribution in [0.2, 0.25) is 0 Å². The lowest BCUT2D eigenvalue weighted by Crippen LogP contribution is -2.45. The molecule has 1 aromatic rings. The molecular weight excluding hydrogens is 262 g/mol. The highest BCUT2D eigenvalue weighted by atomic mass is 16.7. The number of rotatable bonds is 6. The number of benzene rings is 1. The average molecular weight is 281 g/mol. The second-order valence-corrected chi connectivity index (χ2v) is 5.39. The molecule has 1 rings (SSSR count). The summed E-state index contributed by atoms with van der Waals surface area (Å²) in [5.41, 5.74) is 0.00313. The van der Waals surface area contributed by atoms with E-state index in [4.69, 9.17) is 4.84 Å². The van der Waals surface area contributed by atoms with Crippen LogP contribution in [0, 0.1) is 0 Å². The molecule has 0 aliphatic heterocycles. The minimum Gasteiger partial charge on any atom is -0.508 e. The van der Waals surface area contributed by atoms with E-state index in [0.717, 1.165) is 5.06 Å². The van der Waals surface area contributed by atoms with Gasteiger partial charge in [-0.25, -0.2) is 9.86 Å². The van der Waals surface area contributed by atoms with Crippen molar-refractivity contribution in [1.82, 2.24) is 5.06 Å². The first-order valence-corrected chi connectivity index (χ1v) is 6.16. The molecule has 0 heterocycles. The van der Waals surface area contributed by atoms with Gasteiger partial charge in [0.25, 0.3) is 0 Å². The first-order valence-electron chi connectivity index (χ1n) is 6.16. The second-order valence-electron chi connectivity index (χ2n) is 5.39. The van der Waals surface area contributed by atoms with E-state index in [1.54, 1.807) is 32.9 Å². The summed E-state index contributed by atoms with van der Waals surface area (Å²) >= 11 is 0. The van der Waals surface area contributed by atoms with E-state index in [1.165, 1.54) is 12.1 Å². The van der Waals surface area contributed by atoms with Gasteiger partial charge in [-0.3, -0.25) is 9.63 Å². The molecule has 0 unspecified atom stereocenters. The molecule has 20 heavy (non-hydrogen) atoms. The van der Waals surface area contributed by atoms with E-state index in [1.807, 2.05) is 0 Å². The number of carbonyl (C=O) groups excluding carboxylic acids is 1. The van der Waals surface area contributed by atoms with Gasteiger partial charge in [0, 0.05) is 6.42 Å². The van der Waals surface area contributed by atoms with Gasteiger partial charge < -0.3 is 10.2 Å². The van der Waals surface area contributed by atoms with Gasteiger partial charge in [0.2, 0.25) is 6.41 Å². The van der Waals surface area contributed by atoms with Crippen LogP contribution in [0.3, 0.4) is 0 Å². The summed E-state index contributed by atoms with van der Waals surface area (Å²) in [5, 5.41) is 19.3. The van der Waals surface area contributed by atoms with Crippen molar-refractivity contribution in [3.63, 3.8) is 0 Å². The first-order chi connectivity index (χ1) is 9.23. The topological polar surface area (TPSA) is 87.1 Å². The Morgan fingerprint density at radius 2 is 1.90 bits per heavy atom. The number of hydrogen-bond donors (Lipinski definition) is 2. The van der Waals surface area contributed by atoms with Crippen LogP contribution >= 0.6 is 0 Å². The van der Waals surface area contributed by atoms with Crippen LogP contribution < -0.4 is 0 Å². The molecule has 0 saturated heterocycles. The molecule has 0 aliphatic rings. The number of carbonyl (C=O) groups is 2. The zero-order valence-electron chi connectivity index (χ0n) is 11.7. The largest absolute Gasteiger partial charge is 0.508 e. The van der Waals surface area contributed by atoms with Crippen molar-refractivity contribution in [3.05, 3.63) is 29.8 Å². The van der Waals surface area contributed by atoms with Crippen molar-refractivity contribution in [2.75, 3.05) is 0 Å². The number of hydrogen-bond acceptors (Lipinski definition) is 4. The Bertz CT molecular complexity index is 463. The SMILES string of the molecule is CC(C)(C)ON(C=O)[C@H](Cc1ccc(O)cc1)C(=O)O. The smallest absolute Gasteiger partial charge is 0.329 e. The van der Waals surface area contributed by atoms with Crippen molar-refractivity contribution in [2.24, 2.45) is 0 Å². The minimum absolute atomic E-state index is 0.0877. The van der Waals surface area contributed by atoms with Crippen molar-refractivity contribution >= 4 is 12.4 Å². The van der Waals surface area contributed by atoms with Crippen molar-refractivity contribution in [3.8, 4) is 5.75 Å². The zero-order valence-corrected chi connectivity index (χ0v) is 11.7. The van der Waals surface area contributed by atoms with Gasteiger partial charge in [0.05, 0.1) is 5.60 Å². The molecule has 0 aromatic heterocycles. The van der Waals surface area contributed by atoms with Crippen LogP contribution in [0.1, 0.15) is 26.3 Å². The molecule has 0 saturated carbocycles. The predicted octanol–water partition coefficient (Wildman–Crippen LogP) is 1.58. The van der Waals surface area contributed by atoms with Gasteiger partial charge in [0.1, 0.15) is 5.75 Å². The fourth-order valence-corrected chi connectivity index (χ4v) is 1.62. The fraction of sp³-hybridized carbons (Fsp3) is 0.429. The van der Waals surface area contributed by atoms with Crippen molar-refractivity contribution < 1.29 is 24.6 Å². The molecule has 0 fully saturated rings. The zero-order chi connectivity index (χ0) is 15.3. The maximum Gasteiger partial charge on any atom is 0.329 e. The molecule has 1 atom stereocenters. The number of hydroxylamine groups is 2. The number of carboxylic acids is 1. The Morgan fingerprint density at radius 3 is 2.30 bits per heavy atom. The lowest BCUT2D eigenvalue weighted by Gasteiger charge is -2.30. The summed E-state index contributed by atoms with van der Waals surface area (Å²) in [6, 6.07) is 5.00. The standard InChI is InChI=1S/C14H19NO5/c1-14(2,3)20-15(9-16)12(13(18)19)8-10-4-6-11(17)7-5-10/h4-7,9,12,17H,8H2,1-3H3,(H,18,19)/t12-/m1/s1. The number of nitrogens with zero attached hydrogens (tertiary/aromatic N) is 1. The van der Waals surface area contributed by atoms with E-state index in [9.17, 15) is 19.8 Å². The Hall–Kier alpha value is -2.08. The third kappa shape index (κ3) is 4.89. The van der Waals surface area contributed by atoms with Crippen molar-refractivity contribution in [1.29, 1.82) is 0 Å². The number of amides is 1. The van der Waals surface area contributed by atoms with Gasteiger partial charge >= 0.3 is 5.97 Å². The number of aromatic hydroxyl groups is 1. The Labute approximate surface area is 117 Å². The summed E-state index contributed by atoms with van der Waals surface area (Å²) < 4.78 is 0. The highest BCUT2D eigenvalue weighted by molar-refractivity contribution is 5.76. The second kappa shape index (κ2) is 6.38. The third-order valence-electron chi connectivity index (χ3n) is 2.44. The summed E-state index contributed by atoms with van der Waals surface area (Å²) in [6.45, 7) is 5.18. The Balaban J connectivity index is 2.89. The summed E-state index contributed by atoms with van der Waals surface area (Å²) in [4.78, 5) is 27.7. The molecule has 1 aromatic carbocycles. The average Bonchev–Trinajstić information content (AvgIpc) is 2.34. The van der Waals surface area contributed by atoms with Gasteiger partial charge in [-0.1, -0.05) is 12.1 Å². The van der Waals surface area contributed by atoms with E-state index < -0.39 is 17.6 Å². The number of carboxylic acid groups (broad SMARTS) is 1. The predicted molar refractivity (Wildman–Crippen MR) is 72.0 cm³/mol. The third-order valence-corrected chi connectivity index (χ3v) is 2.44. The monoisotopic (exact) mass is 281 g/mol. The highest BCUT2D eigenvalue weighted by Gasteiger charge is 2.29. The van der Waals surface area contributed by atoms with Gasteiger partial charge in [0.15, 0.2) is 6.04 Å². The lowest BCUT2D eigenvalue weighted by molar-refractivity contribution is -0.234. The van der Waals surface area contributed by atoms with E-state index >= 15 is 0 Å². The lowest BCUT2D eigenvalue weighted by atomic mass is 10.1. The van der Waals surface area contributed by atoms with Crippen LogP contribution in [-0.4, -0.2) is 39.3 Å². The molecular formula is C14H19NO5. The van der Waals surface area contributed by atoms with E-state index in [-0.39, 0.29) is 12.2 Å². The molecule has 6 heteroatoms. The van der Waals surface area contributed by atoms with Crippen LogP contribution in [0.15, 0.2) is 24.3 Å². The maximum absolute atomic E-state index is 11.3. The quantitative estimate of drug-likeness (QED) is 0.610. The molecule has 0 radical (unpaired) electrons. The molecule has 0 aliphatic carbocycles. The molecule has 110 valence electrons. The van der Waals surface area contributed by atoms with Crippen LogP contribution in [0.4, 0.5) is 0 Å². The molecule has 1 amide bonds. The van der Waals surface area contributed by atoms with E-state index in [0.29, 0.717) is 12.0 Å². The summed E-state index contributed by atoms with van der Waals surface area (Å²) in [6.07, 6.45) is 0.453. The van der Waals surface area contributed by atoms with Gasteiger partial charge in [-0.2, -0.15) is 0 Å². The molecule has 0 bridgehead atoms. The van der Waals surface area contributed by atoms with Crippen molar-refractivity contribution in [2.45, 2.75) is 38.8 Å². The first kappa shape index (κ1) is 16.0. The van der Waals surface area contributed by atoms with Gasteiger partial charge in [-0.05, 0) is 38.5 Å². The highest BCUT2D eigenvalue weighted by Crippen LogP contribution is 2.17. The number of aliphatic carboxylic acids is 1. The number of phenols is 1. The normalized spacial score (nSPS) is 12.8. The molecule has 0 spiro atoms. The molecule has 6 nitrogen and oxygen atoms in total. The fourth-order valence-electron chi connectivity index (χ4n) is 1.62. The minimum atomic E-state index is -1.16. The van der Waals surface area contributed by atoms with Gasteiger partial charge in [-0.15, -0.1) is 0 Å². The van der Waals surface area contributed by atoms with E-state index in [2.05, 4.69) is 0 Å². The number of phenolic OH excluding ortho intramolecular Hbond substituents is 1. The summed E-state index contributed by atoms with van der Waals surface area (Å²) in [7, 11) is 0.